The van der Waals surface area contributed by atoms with Crippen LogP contribution in [0, 0.1) is 5.92 Å². The fraction of sp³-hybridized carbons (Fsp3) is 0.722. The number of imidazole rings is 1. The smallest absolute Gasteiger partial charge is 0.226 e. The predicted octanol–water partition coefficient (Wildman–Crippen LogP) is 2.05. The van der Waals surface area contributed by atoms with Gasteiger partial charge in [0.25, 0.3) is 0 Å². The van der Waals surface area contributed by atoms with Gasteiger partial charge >= 0.3 is 0 Å². The van der Waals surface area contributed by atoms with Crippen molar-refractivity contribution in [3.05, 3.63) is 17.7 Å². The summed E-state index contributed by atoms with van der Waals surface area (Å²) in [5.74, 6) is 1.84. The largest absolute Gasteiger partial charge is 0.355 e. The molecule has 1 atom stereocenters. The van der Waals surface area contributed by atoms with Crippen LogP contribution in [0.5, 0.6) is 0 Å². The summed E-state index contributed by atoms with van der Waals surface area (Å²) in [5.41, 5.74) is 0.799. The Morgan fingerprint density at radius 2 is 2.12 bits per heavy atom. The third-order valence-corrected chi connectivity index (χ3v) is 4.97. The maximum absolute atomic E-state index is 12.3. The third-order valence-electron chi connectivity index (χ3n) is 4.97. The summed E-state index contributed by atoms with van der Waals surface area (Å²) in [7, 11) is 0. The molecule has 1 aliphatic carbocycles. The number of carbonyl (C=O) groups excluding carboxylic acids is 2. The number of aromatic nitrogens is 2. The van der Waals surface area contributed by atoms with E-state index in [9.17, 15) is 9.59 Å². The Balaban J connectivity index is 1.60. The van der Waals surface area contributed by atoms with Crippen LogP contribution in [-0.2, 0) is 22.6 Å². The Labute approximate surface area is 143 Å². The number of amides is 2. The average Bonchev–Trinajstić information content (AvgIpc) is 3.30. The van der Waals surface area contributed by atoms with Crippen molar-refractivity contribution in [1.82, 2.24) is 19.8 Å². The van der Waals surface area contributed by atoms with E-state index in [1.54, 1.807) is 0 Å². The first-order valence-electron chi connectivity index (χ1n) is 9.20. The molecular weight excluding hydrogens is 304 g/mol. The highest BCUT2D eigenvalue weighted by Gasteiger charge is 2.29. The third kappa shape index (κ3) is 3.97. The number of rotatable bonds is 7. The first-order valence-corrected chi connectivity index (χ1v) is 9.20. The number of carbonyl (C=O) groups is 2. The van der Waals surface area contributed by atoms with E-state index in [0.717, 1.165) is 44.0 Å². The molecule has 2 amide bonds. The summed E-state index contributed by atoms with van der Waals surface area (Å²) in [6.45, 7) is 6.40. The molecule has 24 heavy (non-hydrogen) atoms. The van der Waals surface area contributed by atoms with Gasteiger partial charge in [-0.15, -0.1) is 0 Å². The van der Waals surface area contributed by atoms with E-state index in [0.29, 0.717) is 18.8 Å². The van der Waals surface area contributed by atoms with Gasteiger partial charge in [0, 0.05) is 32.3 Å². The molecular formula is C18H28N4O2. The second-order valence-electron chi connectivity index (χ2n) is 7.07. The Bertz CT molecular complexity index is 606. The van der Waals surface area contributed by atoms with Crippen molar-refractivity contribution >= 4 is 11.8 Å². The van der Waals surface area contributed by atoms with E-state index in [1.165, 1.54) is 12.8 Å². The monoisotopic (exact) mass is 332 g/mol. The van der Waals surface area contributed by atoms with E-state index in [2.05, 4.69) is 21.8 Å². The standard InChI is InChI=1S/C18H28N4O2/c1-3-4-5-17(24)22-9-8-21-12-15(20-18(21)13(22)2)10-16(23)19-11-14-6-7-14/h12-14H,3-11H2,1-2H3,(H,19,23)/t13-/m1/s1. The Morgan fingerprint density at radius 1 is 1.33 bits per heavy atom. The van der Waals surface area contributed by atoms with Crippen molar-refractivity contribution < 1.29 is 9.59 Å². The van der Waals surface area contributed by atoms with Crippen LogP contribution in [0.1, 0.15) is 63.5 Å². The Hall–Kier alpha value is -1.85. The predicted molar refractivity (Wildman–Crippen MR) is 91.3 cm³/mol. The molecule has 0 spiro atoms. The lowest BCUT2D eigenvalue weighted by molar-refractivity contribution is -0.134. The summed E-state index contributed by atoms with van der Waals surface area (Å²) in [4.78, 5) is 30.9. The van der Waals surface area contributed by atoms with Crippen molar-refractivity contribution in [2.24, 2.45) is 5.92 Å². The van der Waals surface area contributed by atoms with E-state index < -0.39 is 0 Å². The molecule has 1 aromatic rings. The van der Waals surface area contributed by atoms with Gasteiger partial charge in [0.2, 0.25) is 11.8 Å². The minimum Gasteiger partial charge on any atom is -0.355 e. The lowest BCUT2D eigenvalue weighted by Crippen LogP contribution is -2.41. The van der Waals surface area contributed by atoms with Crippen LogP contribution in [0.25, 0.3) is 0 Å². The van der Waals surface area contributed by atoms with E-state index in [-0.39, 0.29) is 17.9 Å². The van der Waals surface area contributed by atoms with Gasteiger partial charge in [-0.25, -0.2) is 4.98 Å². The summed E-state index contributed by atoms with van der Waals surface area (Å²) < 4.78 is 2.10. The van der Waals surface area contributed by atoms with Gasteiger partial charge in [-0.3, -0.25) is 9.59 Å². The van der Waals surface area contributed by atoms with Crippen LogP contribution < -0.4 is 5.32 Å². The number of hydrogen-bond acceptors (Lipinski definition) is 3. The molecule has 1 aromatic heterocycles. The Kier molecular flexibility index (Phi) is 5.21. The van der Waals surface area contributed by atoms with Crippen LogP contribution in [0.4, 0.5) is 0 Å². The SMILES string of the molecule is CCCCC(=O)N1CCn2cc(CC(=O)NCC3CC3)nc2[C@H]1C. The molecule has 2 heterocycles. The minimum atomic E-state index is -0.0219. The van der Waals surface area contributed by atoms with Crippen molar-refractivity contribution in [3.8, 4) is 0 Å². The number of hydrogen-bond donors (Lipinski definition) is 1. The number of fused-ring (bicyclic) bond motifs is 1. The van der Waals surface area contributed by atoms with Gasteiger partial charge < -0.3 is 14.8 Å². The molecule has 0 unspecified atom stereocenters. The van der Waals surface area contributed by atoms with Gasteiger partial charge in [-0.1, -0.05) is 13.3 Å². The zero-order valence-electron chi connectivity index (χ0n) is 14.8. The zero-order valence-corrected chi connectivity index (χ0v) is 14.8. The quantitative estimate of drug-likeness (QED) is 0.831. The average molecular weight is 332 g/mol. The molecule has 2 aliphatic rings. The molecule has 1 fully saturated rings. The summed E-state index contributed by atoms with van der Waals surface area (Å²) >= 11 is 0. The van der Waals surface area contributed by atoms with Crippen molar-refractivity contribution in [3.63, 3.8) is 0 Å². The highest BCUT2D eigenvalue weighted by molar-refractivity contribution is 5.78. The van der Waals surface area contributed by atoms with Crippen LogP contribution in [0.2, 0.25) is 0 Å². The topological polar surface area (TPSA) is 67.2 Å². The maximum Gasteiger partial charge on any atom is 0.226 e. The fourth-order valence-electron chi connectivity index (χ4n) is 3.25. The molecule has 132 valence electrons. The van der Waals surface area contributed by atoms with E-state index >= 15 is 0 Å². The van der Waals surface area contributed by atoms with Crippen LogP contribution >= 0.6 is 0 Å². The van der Waals surface area contributed by atoms with Crippen molar-refractivity contribution in [2.75, 3.05) is 13.1 Å². The first-order chi connectivity index (χ1) is 11.6. The zero-order chi connectivity index (χ0) is 17.1. The lowest BCUT2D eigenvalue weighted by Gasteiger charge is -2.33. The maximum atomic E-state index is 12.3. The second kappa shape index (κ2) is 7.36. The summed E-state index contributed by atoms with van der Waals surface area (Å²) in [5, 5.41) is 2.98. The number of unbranched alkanes of at least 4 members (excludes halogenated alkanes) is 1. The minimum absolute atomic E-state index is 0.0219. The number of nitrogens with zero attached hydrogens (tertiary/aromatic N) is 3. The van der Waals surface area contributed by atoms with E-state index in [4.69, 9.17) is 0 Å². The molecule has 0 bridgehead atoms. The highest BCUT2D eigenvalue weighted by atomic mass is 16.2. The van der Waals surface area contributed by atoms with Crippen LogP contribution in [0.3, 0.4) is 0 Å². The summed E-state index contributed by atoms with van der Waals surface area (Å²) in [6, 6.07) is -0.0219. The van der Waals surface area contributed by atoms with Crippen LogP contribution in [-0.4, -0.2) is 39.4 Å². The highest BCUT2D eigenvalue weighted by Crippen LogP contribution is 2.28. The van der Waals surface area contributed by atoms with Gasteiger partial charge in [0.1, 0.15) is 5.82 Å². The number of nitrogens with one attached hydrogen (secondary N) is 1. The molecule has 1 aliphatic heterocycles. The Morgan fingerprint density at radius 3 is 2.83 bits per heavy atom. The fourth-order valence-corrected chi connectivity index (χ4v) is 3.25. The molecule has 1 N–H and O–H groups in total. The molecule has 6 nitrogen and oxygen atoms in total. The molecule has 0 radical (unpaired) electrons. The van der Waals surface area contributed by atoms with Gasteiger partial charge in [-0.2, -0.15) is 0 Å². The second-order valence-corrected chi connectivity index (χ2v) is 7.07. The molecule has 0 aromatic carbocycles. The molecule has 1 saturated carbocycles. The van der Waals surface area contributed by atoms with Gasteiger partial charge in [0.05, 0.1) is 18.2 Å². The molecule has 0 saturated heterocycles. The normalized spacial score (nSPS) is 19.9. The molecule has 6 heteroatoms. The first kappa shape index (κ1) is 17.0. The van der Waals surface area contributed by atoms with Crippen molar-refractivity contribution in [1.29, 1.82) is 0 Å². The van der Waals surface area contributed by atoms with Gasteiger partial charge in [0.15, 0.2) is 0 Å². The van der Waals surface area contributed by atoms with Crippen LogP contribution in [0.15, 0.2) is 6.20 Å². The lowest BCUT2D eigenvalue weighted by atomic mass is 10.1. The van der Waals surface area contributed by atoms with E-state index in [1.807, 2.05) is 18.0 Å². The summed E-state index contributed by atoms with van der Waals surface area (Å²) in [6.07, 6.45) is 7.33. The molecule has 3 rings (SSSR count). The van der Waals surface area contributed by atoms with Crippen molar-refractivity contribution in [2.45, 2.75) is 65.0 Å². The van der Waals surface area contributed by atoms with Gasteiger partial charge in [-0.05, 0) is 32.1 Å².